The van der Waals surface area contributed by atoms with E-state index in [9.17, 15) is 0 Å². The van der Waals surface area contributed by atoms with E-state index >= 15 is 0 Å². The van der Waals surface area contributed by atoms with Crippen LogP contribution < -0.4 is 0 Å². The molecule has 2 nitrogen and oxygen atoms in total. The molecule has 0 spiro atoms. The Morgan fingerprint density at radius 3 is 2.56 bits per heavy atom. The van der Waals surface area contributed by atoms with Crippen LogP contribution in [0.2, 0.25) is 0 Å². The highest BCUT2D eigenvalue weighted by molar-refractivity contribution is 5.17. The number of likely N-dealkylation sites (N-methyl/N-ethyl adjacent to an activating group) is 1. The first kappa shape index (κ1) is 8.19. The van der Waals surface area contributed by atoms with Gasteiger partial charge in [0.25, 0.3) is 0 Å². The molecule has 9 heavy (non-hydrogen) atoms. The normalized spacial score (nSPS) is 11.7. The van der Waals surface area contributed by atoms with Crippen molar-refractivity contribution in [3.63, 3.8) is 0 Å². The molecule has 0 aromatic heterocycles. The molecule has 0 unspecified atom stereocenters. The van der Waals surface area contributed by atoms with Crippen LogP contribution in [-0.2, 0) is 0 Å². The smallest absolute Gasteiger partial charge is 0.0941 e. The average Bonchev–Trinajstić information content (AvgIpc) is 1.83. The van der Waals surface area contributed by atoms with Crippen LogP contribution in [-0.4, -0.2) is 25.5 Å². The van der Waals surface area contributed by atoms with Crippen LogP contribution in [0.15, 0.2) is 11.6 Å². The van der Waals surface area contributed by atoms with Crippen LogP contribution in [0.1, 0.15) is 6.92 Å². The van der Waals surface area contributed by atoms with Crippen molar-refractivity contribution in [2.45, 2.75) is 6.92 Å². The number of hydrogen-bond donors (Lipinski definition) is 0. The summed E-state index contributed by atoms with van der Waals surface area (Å²) in [6, 6.07) is 2.05. The molecule has 0 amide bonds. The third-order valence-corrected chi connectivity index (χ3v) is 0.939. The van der Waals surface area contributed by atoms with Gasteiger partial charge in [-0.15, -0.1) is 0 Å². The lowest BCUT2D eigenvalue weighted by atomic mass is 10.3. The minimum atomic E-state index is 0.781. The molecule has 0 saturated carbocycles. The molecule has 0 fully saturated rings. The summed E-state index contributed by atoms with van der Waals surface area (Å²) in [5.41, 5.74) is 0.781. The Labute approximate surface area is 56.4 Å². The predicted octanol–water partition coefficient (Wildman–Crippen LogP) is 1.02. The summed E-state index contributed by atoms with van der Waals surface area (Å²) in [6.07, 6.45) is 1.90. The zero-order valence-corrected chi connectivity index (χ0v) is 6.18. The van der Waals surface area contributed by atoms with Crippen LogP contribution in [0.4, 0.5) is 0 Å². The number of nitriles is 1. The summed E-state index contributed by atoms with van der Waals surface area (Å²) in [7, 11) is 3.95. The quantitative estimate of drug-likeness (QED) is 0.514. The van der Waals surface area contributed by atoms with Crippen molar-refractivity contribution < 1.29 is 0 Å². The first-order valence-corrected chi connectivity index (χ1v) is 2.88. The number of hydrogen-bond acceptors (Lipinski definition) is 2. The Morgan fingerprint density at radius 1 is 1.67 bits per heavy atom. The van der Waals surface area contributed by atoms with Gasteiger partial charge >= 0.3 is 0 Å². The van der Waals surface area contributed by atoms with Gasteiger partial charge in [0.2, 0.25) is 0 Å². The summed E-state index contributed by atoms with van der Waals surface area (Å²) in [5.74, 6) is 0. The SMILES string of the molecule is C/C(C#N)=C/CN(C)C. The predicted molar refractivity (Wildman–Crippen MR) is 37.9 cm³/mol. The lowest BCUT2D eigenvalue weighted by Crippen LogP contribution is -2.10. The van der Waals surface area contributed by atoms with Gasteiger partial charge in [0.15, 0.2) is 0 Å². The molecular formula is C7H12N2. The highest BCUT2D eigenvalue weighted by Crippen LogP contribution is 1.87. The third kappa shape index (κ3) is 5.05. The van der Waals surface area contributed by atoms with Crippen molar-refractivity contribution >= 4 is 0 Å². The van der Waals surface area contributed by atoms with Crippen LogP contribution in [0.25, 0.3) is 0 Å². The molecule has 0 bridgehead atoms. The van der Waals surface area contributed by atoms with Crippen molar-refractivity contribution in [2.75, 3.05) is 20.6 Å². The molecule has 50 valence electrons. The van der Waals surface area contributed by atoms with Crippen molar-refractivity contribution in [1.29, 1.82) is 5.26 Å². The Balaban J connectivity index is 3.60. The number of rotatable bonds is 2. The van der Waals surface area contributed by atoms with Crippen LogP contribution >= 0.6 is 0 Å². The van der Waals surface area contributed by atoms with Gasteiger partial charge in [-0.2, -0.15) is 5.26 Å². The summed E-state index contributed by atoms with van der Waals surface area (Å²) in [6.45, 7) is 2.66. The second-order valence-corrected chi connectivity index (χ2v) is 2.26. The monoisotopic (exact) mass is 124 g/mol. The molecule has 0 rings (SSSR count). The lowest BCUT2D eigenvalue weighted by molar-refractivity contribution is 0.456. The molecule has 2 heteroatoms. The molecule has 0 aromatic rings. The van der Waals surface area contributed by atoms with Gasteiger partial charge in [-0.05, 0) is 21.0 Å². The highest BCUT2D eigenvalue weighted by atomic mass is 15.0. The van der Waals surface area contributed by atoms with E-state index in [4.69, 9.17) is 5.26 Å². The van der Waals surface area contributed by atoms with Gasteiger partial charge in [-0.1, -0.05) is 6.08 Å². The van der Waals surface area contributed by atoms with Crippen molar-refractivity contribution in [2.24, 2.45) is 0 Å². The van der Waals surface area contributed by atoms with E-state index < -0.39 is 0 Å². The molecule has 0 atom stereocenters. The van der Waals surface area contributed by atoms with Crippen molar-refractivity contribution in [1.82, 2.24) is 4.90 Å². The molecule has 0 radical (unpaired) electrons. The Bertz CT molecular complexity index is 139. The standard InChI is InChI=1S/C7H12N2/c1-7(6-8)4-5-9(2)3/h4H,5H2,1-3H3/b7-4-. The van der Waals surface area contributed by atoms with Gasteiger partial charge in [-0.25, -0.2) is 0 Å². The van der Waals surface area contributed by atoms with E-state index in [2.05, 4.69) is 6.07 Å². The summed E-state index contributed by atoms with van der Waals surface area (Å²) < 4.78 is 0. The first-order chi connectivity index (χ1) is 4.16. The van der Waals surface area contributed by atoms with Crippen LogP contribution in [0.5, 0.6) is 0 Å². The number of allylic oxidation sites excluding steroid dienone is 1. The maximum atomic E-state index is 8.31. The molecular weight excluding hydrogens is 112 g/mol. The molecule has 0 N–H and O–H groups in total. The van der Waals surface area contributed by atoms with Crippen molar-refractivity contribution in [3.05, 3.63) is 11.6 Å². The van der Waals surface area contributed by atoms with Gasteiger partial charge in [-0.3, -0.25) is 0 Å². The average molecular weight is 124 g/mol. The minimum absolute atomic E-state index is 0.781. The molecule has 0 aliphatic heterocycles. The fraction of sp³-hybridized carbons (Fsp3) is 0.571. The lowest BCUT2D eigenvalue weighted by Gasteiger charge is -2.03. The van der Waals surface area contributed by atoms with Crippen LogP contribution in [0, 0.1) is 11.3 Å². The Hall–Kier alpha value is -0.810. The summed E-state index contributed by atoms with van der Waals surface area (Å²) in [5, 5.41) is 8.31. The fourth-order valence-electron chi connectivity index (χ4n) is 0.365. The Morgan fingerprint density at radius 2 is 2.22 bits per heavy atom. The second-order valence-electron chi connectivity index (χ2n) is 2.26. The van der Waals surface area contributed by atoms with E-state index in [1.54, 1.807) is 0 Å². The minimum Gasteiger partial charge on any atom is -0.306 e. The third-order valence-electron chi connectivity index (χ3n) is 0.939. The van der Waals surface area contributed by atoms with Gasteiger partial charge in [0.1, 0.15) is 0 Å². The van der Waals surface area contributed by atoms with Gasteiger partial charge < -0.3 is 4.90 Å². The Kier molecular flexibility index (Phi) is 3.74. The fourth-order valence-corrected chi connectivity index (χ4v) is 0.365. The van der Waals surface area contributed by atoms with Gasteiger partial charge in [0, 0.05) is 12.1 Å². The number of nitrogens with zero attached hydrogens (tertiary/aromatic N) is 2. The molecule has 0 aliphatic rings. The van der Waals surface area contributed by atoms with Crippen molar-refractivity contribution in [3.8, 4) is 6.07 Å². The summed E-state index contributed by atoms with van der Waals surface area (Å²) >= 11 is 0. The van der Waals surface area contributed by atoms with Gasteiger partial charge in [0.05, 0.1) is 6.07 Å². The van der Waals surface area contributed by atoms with E-state index in [-0.39, 0.29) is 0 Å². The molecule has 0 aromatic carbocycles. The van der Waals surface area contributed by atoms with E-state index in [1.165, 1.54) is 0 Å². The highest BCUT2D eigenvalue weighted by Gasteiger charge is 1.85. The topological polar surface area (TPSA) is 27.0 Å². The van der Waals surface area contributed by atoms with E-state index in [1.807, 2.05) is 32.0 Å². The van der Waals surface area contributed by atoms with Crippen LogP contribution in [0.3, 0.4) is 0 Å². The van der Waals surface area contributed by atoms with E-state index in [0.29, 0.717) is 0 Å². The first-order valence-electron chi connectivity index (χ1n) is 2.88. The zero-order valence-electron chi connectivity index (χ0n) is 6.18. The maximum absolute atomic E-state index is 8.31. The second kappa shape index (κ2) is 4.11. The van der Waals surface area contributed by atoms with E-state index in [0.717, 1.165) is 12.1 Å². The largest absolute Gasteiger partial charge is 0.306 e. The zero-order chi connectivity index (χ0) is 7.28. The maximum Gasteiger partial charge on any atom is 0.0941 e. The molecule has 0 saturated heterocycles. The molecule has 0 aliphatic carbocycles. The summed E-state index contributed by atoms with van der Waals surface area (Å²) in [4.78, 5) is 2.01. The molecule has 0 heterocycles.